The highest BCUT2D eigenvalue weighted by atomic mass is 35.5. The van der Waals surface area contributed by atoms with Crippen molar-refractivity contribution in [1.82, 2.24) is 10.6 Å². The van der Waals surface area contributed by atoms with Crippen LogP contribution < -0.4 is 10.6 Å². The van der Waals surface area contributed by atoms with Crippen LogP contribution in [0, 0.1) is 12.3 Å². The monoisotopic (exact) mass is 296 g/mol. The largest absolute Gasteiger partial charge is 0.355 e. The molecule has 1 atom stereocenters. The first-order valence-electron chi connectivity index (χ1n) is 7.10. The molecular formula is C16H25ClN2O. The van der Waals surface area contributed by atoms with Crippen molar-refractivity contribution in [1.29, 1.82) is 0 Å². The van der Waals surface area contributed by atoms with Crippen LogP contribution in [0.15, 0.2) is 24.3 Å². The Kier molecular flexibility index (Phi) is 6.50. The summed E-state index contributed by atoms with van der Waals surface area (Å²) in [5.41, 5.74) is 2.52. The summed E-state index contributed by atoms with van der Waals surface area (Å²) in [6, 6.07) is 8.15. The molecule has 0 radical (unpaired) electrons. The average molecular weight is 297 g/mol. The van der Waals surface area contributed by atoms with Gasteiger partial charge in [-0.15, -0.1) is 12.4 Å². The first-order valence-corrected chi connectivity index (χ1v) is 7.10. The second-order valence-corrected chi connectivity index (χ2v) is 6.03. The molecule has 0 bridgehead atoms. The maximum atomic E-state index is 12.0. The van der Waals surface area contributed by atoms with Crippen LogP contribution in [0.5, 0.6) is 0 Å². The lowest BCUT2D eigenvalue weighted by molar-refractivity contribution is -0.121. The van der Waals surface area contributed by atoms with E-state index in [0.29, 0.717) is 6.42 Å². The van der Waals surface area contributed by atoms with Gasteiger partial charge in [0.25, 0.3) is 0 Å². The van der Waals surface area contributed by atoms with Crippen LogP contribution in [-0.2, 0) is 11.2 Å². The number of halogens is 1. The van der Waals surface area contributed by atoms with Crippen LogP contribution >= 0.6 is 12.4 Å². The number of hydrogen-bond acceptors (Lipinski definition) is 2. The van der Waals surface area contributed by atoms with Gasteiger partial charge in [-0.05, 0) is 37.3 Å². The third-order valence-corrected chi connectivity index (χ3v) is 3.88. The van der Waals surface area contributed by atoms with Crippen molar-refractivity contribution in [2.24, 2.45) is 5.41 Å². The zero-order valence-electron chi connectivity index (χ0n) is 12.4. The molecule has 1 aliphatic rings. The minimum atomic E-state index is 0. The van der Waals surface area contributed by atoms with Crippen molar-refractivity contribution in [3.05, 3.63) is 35.4 Å². The van der Waals surface area contributed by atoms with E-state index >= 15 is 0 Å². The van der Waals surface area contributed by atoms with Crippen molar-refractivity contribution in [2.75, 3.05) is 19.6 Å². The van der Waals surface area contributed by atoms with E-state index < -0.39 is 0 Å². The Morgan fingerprint density at radius 3 is 2.65 bits per heavy atom. The van der Waals surface area contributed by atoms with Crippen LogP contribution in [-0.4, -0.2) is 25.5 Å². The summed E-state index contributed by atoms with van der Waals surface area (Å²) in [6.45, 7) is 7.17. The molecular weight excluding hydrogens is 272 g/mol. The molecule has 112 valence electrons. The topological polar surface area (TPSA) is 41.1 Å². The van der Waals surface area contributed by atoms with E-state index in [1.807, 2.05) is 12.1 Å². The molecule has 1 heterocycles. The van der Waals surface area contributed by atoms with Gasteiger partial charge >= 0.3 is 0 Å². The first kappa shape index (κ1) is 17.0. The summed E-state index contributed by atoms with van der Waals surface area (Å²) in [4.78, 5) is 12.0. The van der Waals surface area contributed by atoms with E-state index in [1.165, 1.54) is 18.4 Å². The van der Waals surface area contributed by atoms with Gasteiger partial charge in [-0.25, -0.2) is 0 Å². The molecule has 2 rings (SSSR count). The molecule has 0 aromatic heterocycles. The summed E-state index contributed by atoms with van der Waals surface area (Å²) >= 11 is 0. The van der Waals surface area contributed by atoms with Gasteiger partial charge in [0.05, 0.1) is 6.42 Å². The van der Waals surface area contributed by atoms with Gasteiger partial charge in [0.1, 0.15) is 0 Å². The van der Waals surface area contributed by atoms with E-state index in [9.17, 15) is 4.79 Å². The van der Waals surface area contributed by atoms with Gasteiger partial charge in [-0.2, -0.15) is 0 Å². The Hall–Kier alpha value is -1.06. The lowest BCUT2D eigenvalue weighted by Gasteiger charge is -2.34. The summed E-state index contributed by atoms with van der Waals surface area (Å²) in [5, 5.41) is 6.48. The first-order chi connectivity index (χ1) is 9.07. The smallest absolute Gasteiger partial charge is 0.224 e. The third-order valence-electron chi connectivity index (χ3n) is 3.88. The van der Waals surface area contributed by atoms with Gasteiger partial charge in [-0.1, -0.05) is 36.8 Å². The van der Waals surface area contributed by atoms with E-state index in [1.54, 1.807) is 0 Å². The molecule has 1 fully saturated rings. The van der Waals surface area contributed by atoms with Gasteiger partial charge in [-0.3, -0.25) is 4.79 Å². The number of rotatable bonds is 4. The summed E-state index contributed by atoms with van der Waals surface area (Å²) in [6.07, 6.45) is 2.86. The highest BCUT2D eigenvalue weighted by Crippen LogP contribution is 2.24. The fourth-order valence-corrected chi connectivity index (χ4v) is 2.54. The summed E-state index contributed by atoms with van der Waals surface area (Å²) in [5.74, 6) is 0.121. The normalized spacial score (nSPS) is 21.9. The molecule has 1 amide bonds. The molecule has 0 aliphatic carbocycles. The fourth-order valence-electron chi connectivity index (χ4n) is 2.54. The zero-order chi connectivity index (χ0) is 13.7. The number of carbonyl (C=O) groups excluding carboxylic acids is 1. The van der Waals surface area contributed by atoms with Crippen molar-refractivity contribution in [3.63, 3.8) is 0 Å². The number of piperidine rings is 1. The van der Waals surface area contributed by atoms with Crippen LogP contribution in [0.4, 0.5) is 0 Å². The van der Waals surface area contributed by atoms with E-state index in [2.05, 4.69) is 36.6 Å². The Morgan fingerprint density at radius 2 is 2.05 bits per heavy atom. The molecule has 1 aromatic carbocycles. The average Bonchev–Trinajstić information content (AvgIpc) is 2.40. The van der Waals surface area contributed by atoms with Gasteiger partial charge in [0.2, 0.25) is 5.91 Å². The zero-order valence-corrected chi connectivity index (χ0v) is 13.2. The maximum absolute atomic E-state index is 12.0. The molecule has 0 spiro atoms. The SMILES string of the molecule is Cc1ccc(CC(=O)NCC2(C)CCCNC2)cc1.Cl. The minimum Gasteiger partial charge on any atom is -0.355 e. The molecule has 1 aromatic rings. The Labute approximate surface area is 127 Å². The number of amides is 1. The van der Waals surface area contributed by atoms with Crippen LogP contribution in [0.3, 0.4) is 0 Å². The van der Waals surface area contributed by atoms with Crippen molar-refractivity contribution >= 4 is 18.3 Å². The predicted molar refractivity (Wildman–Crippen MR) is 85.4 cm³/mol. The quantitative estimate of drug-likeness (QED) is 0.896. The number of hydrogen-bond donors (Lipinski definition) is 2. The number of nitrogens with one attached hydrogen (secondary N) is 2. The summed E-state index contributed by atoms with van der Waals surface area (Å²) in [7, 11) is 0. The minimum absolute atomic E-state index is 0. The van der Waals surface area contributed by atoms with E-state index in [-0.39, 0.29) is 23.7 Å². The maximum Gasteiger partial charge on any atom is 0.224 e. The van der Waals surface area contributed by atoms with Crippen LogP contribution in [0.25, 0.3) is 0 Å². The van der Waals surface area contributed by atoms with E-state index in [0.717, 1.165) is 25.2 Å². The van der Waals surface area contributed by atoms with Crippen LogP contribution in [0.2, 0.25) is 0 Å². The Morgan fingerprint density at radius 1 is 1.35 bits per heavy atom. The number of benzene rings is 1. The molecule has 3 nitrogen and oxygen atoms in total. The van der Waals surface area contributed by atoms with E-state index in [4.69, 9.17) is 0 Å². The highest BCUT2D eigenvalue weighted by molar-refractivity contribution is 5.85. The fraction of sp³-hybridized carbons (Fsp3) is 0.562. The van der Waals surface area contributed by atoms with Crippen molar-refractivity contribution in [3.8, 4) is 0 Å². The Balaban J connectivity index is 0.00000200. The summed E-state index contributed by atoms with van der Waals surface area (Å²) < 4.78 is 0. The standard InChI is InChI=1S/C16H24N2O.ClH/c1-13-4-6-14(7-5-13)10-15(19)18-12-16(2)8-3-9-17-11-16;/h4-7,17H,3,8-12H2,1-2H3,(H,18,19);1H. The van der Waals surface area contributed by atoms with Gasteiger partial charge < -0.3 is 10.6 Å². The number of aryl methyl sites for hydroxylation is 1. The van der Waals surface area contributed by atoms with Gasteiger partial charge in [0, 0.05) is 13.1 Å². The molecule has 4 heteroatoms. The molecule has 20 heavy (non-hydrogen) atoms. The second-order valence-electron chi connectivity index (χ2n) is 6.03. The third kappa shape index (κ3) is 5.14. The Bertz CT molecular complexity index is 425. The lowest BCUT2D eigenvalue weighted by Crippen LogP contribution is -2.45. The molecule has 2 N–H and O–H groups in total. The van der Waals surface area contributed by atoms with Crippen molar-refractivity contribution < 1.29 is 4.79 Å². The highest BCUT2D eigenvalue weighted by Gasteiger charge is 2.26. The number of carbonyl (C=O) groups is 1. The second kappa shape index (κ2) is 7.65. The lowest BCUT2D eigenvalue weighted by atomic mass is 9.83. The van der Waals surface area contributed by atoms with Crippen molar-refractivity contribution in [2.45, 2.75) is 33.1 Å². The molecule has 1 unspecified atom stereocenters. The molecule has 1 saturated heterocycles. The van der Waals surface area contributed by atoms with Crippen LogP contribution in [0.1, 0.15) is 30.9 Å². The van der Waals surface area contributed by atoms with Gasteiger partial charge in [0.15, 0.2) is 0 Å². The predicted octanol–water partition coefficient (Wildman–Crippen LogP) is 2.47. The molecule has 1 aliphatic heterocycles. The molecule has 0 saturated carbocycles.